The molecule has 0 N–H and O–H groups in total. The zero-order chi connectivity index (χ0) is 38.2. The normalized spacial score (nSPS) is 11.8. The van der Waals surface area contributed by atoms with Crippen LogP contribution < -0.4 is 4.90 Å². The number of rotatable bonds is 6. The Morgan fingerprint density at radius 3 is 1.76 bits per heavy atom. The largest absolute Gasteiger partial charge is 0.454 e. The maximum Gasteiger partial charge on any atom is 0.161 e. The minimum absolute atomic E-state index is 0.851. The molecular formula is C54H34N2O2. The summed E-state index contributed by atoms with van der Waals surface area (Å²) in [5, 5.41) is 6.85. The number of furan rings is 2. The van der Waals surface area contributed by atoms with Crippen molar-refractivity contribution in [3.05, 3.63) is 206 Å². The van der Waals surface area contributed by atoms with E-state index in [1.165, 1.54) is 21.9 Å². The van der Waals surface area contributed by atoms with E-state index in [1.54, 1.807) is 0 Å². The molecular weight excluding hydrogens is 709 g/mol. The molecule has 0 bridgehead atoms. The van der Waals surface area contributed by atoms with Gasteiger partial charge in [-0.2, -0.15) is 0 Å². The van der Waals surface area contributed by atoms with Crippen molar-refractivity contribution in [2.24, 2.45) is 0 Å². The molecule has 4 nitrogen and oxygen atoms in total. The van der Waals surface area contributed by atoms with Gasteiger partial charge >= 0.3 is 0 Å². The van der Waals surface area contributed by atoms with Crippen molar-refractivity contribution in [2.75, 3.05) is 4.90 Å². The van der Waals surface area contributed by atoms with Crippen LogP contribution in [-0.2, 0) is 0 Å². The summed E-state index contributed by atoms with van der Waals surface area (Å²) in [5.41, 5.74) is 14.4. The van der Waals surface area contributed by atoms with Gasteiger partial charge in [0, 0.05) is 44.2 Å². The second-order valence-electron chi connectivity index (χ2n) is 14.9. The van der Waals surface area contributed by atoms with E-state index in [1.807, 2.05) is 12.1 Å². The van der Waals surface area contributed by atoms with Crippen molar-refractivity contribution in [3.63, 3.8) is 0 Å². The topological polar surface area (TPSA) is 34.5 Å². The maximum atomic E-state index is 6.88. The lowest BCUT2D eigenvalue weighted by atomic mass is 9.98. The highest BCUT2D eigenvalue weighted by molar-refractivity contribution is 6.18. The van der Waals surface area contributed by atoms with Gasteiger partial charge in [-0.25, -0.2) is 0 Å². The van der Waals surface area contributed by atoms with Crippen molar-refractivity contribution < 1.29 is 8.83 Å². The Morgan fingerprint density at radius 2 is 0.948 bits per heavy atom. The lowest BCUT2D eigenvalue weighted by Crippen LogP contribution is -2.10. The maximum absolute atomic E-state index is 6.88. The average molecular weight is 743 g/mol. The van der Waals surface area contributed by atoms with E-state index in [0.29, 0.717) is 0 Å². The Kier molecular flexibility index (Phi) is 7.20. The third kappa shape index (κ3) is 4.95. The fraction of sp³-hybridized carbons (Fsp3) is 0. The fourth-order valence-electron chi connectivity index (χ4n) is 8.96. The van der Waals surface area contributed by atoms with Gasteiger partial charge in [-0.1, -0.05) is 140 Å². The molecule has 0 radical (unpaired) electrons. The second kappa shape index (κ2) is 12.9. The van der Waals surface area contributed by atoms with Crippen LogP contribution in [0.1, 0.15) is 0 Å². The molecule has 12 aromatic rings. The van der Waals surface area contributed by atoms with Crippen LogP contribution in [0.15, 0.2) is 215 Å². The number of hydrogen-bond acceptors (Lipinski definition) is 3. The molecule has 4 heteroatoms. The minimum Gasteiger partial charge on any atom is -0.454 e. The van der Waals surface area contributed by atoms with Crippen molar-refractivity contribution >= 4 is 82.7 Å². The zero-order valence-corrected chi connectivity index (χ0v) is 31.3. The molecule has 0 saturated carbocycles. The van der Waals surface area contributed by atoms with Gasteiger partial charge in [0.15, 0.2) is 11.2 Å². The van der Waals surface area contributed by atoms with Gasteiger partial charge < -0.3 is 18.3 Å². The summed E-state index contributed by atoms with van der Waals surface area (Å²) in [6.45, 7) is 0. The molecule has 0 unspecified atom stereocenters. The van der Waals surface area contributed by atoms with Gasteiger partial charge in [-0.15, -0.1) is 0 Å². The standard InChI is InChI=1S/C54H34N2O2/c1-2-15-38(16-3-1)56-48-24-8-6-19-46(48)54-51(56)47-23-11-21-43(52(47)58-54)37-29-33-40(34-30-37)55(49-25-12-22-45-44-18-7-9-26-50(44)57-53(45)49)39-31-27-36(28-32-39)42-20-10-14-35-13-4-5-17-41(35)42/h1-34H. The molecule has 0 fully saturated rings. The predicted molar refractivity (Wildman–Crippen MR) is 241 cm³/mol. The van der Waals surface area contributed by atoms with E-state index >= 15 is 0 Å². The lowest BCUT2D eigenvalue weighted by Gasteiger charge is -2.26. The van der Waals surface area contributed by atoms with Crippen molar-refractivity contribution in [2.45, 2.75) is 0 Å². The summed E-state index contributed by atoms with van der Waals surface area (Å²) in [5.74, 6) is 0. The first-order valence-corrected chi connectivity index (χ1v) is 19.7. The van der Waals surface area contributed by atoms with E-state index in [9.17, 15) is 0 Å². The van der Waals surface area contributed by atoms with Crippen molar-refractivity contribution in [1.82, 2.24) is 4.57 Å². The van der Waals surface area contributed by atoms with Gasteiger partial charge in [0.2, 0.25) is 0 Å². The molecule has 272 valence electrons. The van der Waals surface area contributed by atoms with Crippen LogP contribution >= 0.6 is 0 Å². The number of fused-ring (bicyclic) bond motifs is 9. The minimum atomic E-state index is 0.851. The summed E-state index contributed by atoms with van der Waals surface area (Å²) in [7, 11) is 0. The Hall–Kier alpha value is -7.82. The highest BCUT2D eigenvalue weighted by atomic mass is 16.3. The van der Waals surface area contributed by atoms with E-state index in [-0.39, 0.29) is 0 Å². The molecule has 0 atom stereocenters. The molecule has 0 saturated heterocycles. The molecule has 12 rings (SSSR count). The third-order valence-corrected chi connectivity index (χ3v) is 11.6. The van der Waals surface area contributed by atoms with E-state index in [4.69, 9.17) is 8.83 Å². The Bertz CT molecular complexity index is 3490. The first kappa shape index (κ1) is 32.4. The lowest BCUT2D eigenvalue weighted by molar-refractivity contribution is 0.669. The summed E-state index contributed by atoms with van der Waals surface area (Å²) in [6, 6.07) is 73.0. The molecule has 0 amide bonds. The van der Waals surface area contributed by atoms with Crippen LogP contribution in [0.2, 0.25) is 0 Å². The van der Waals surface area contributed by atoms with Crippen molar-refractivity contribution in [3.8, 4) is 27.9 Å². The average Bonchev–Trinajstić information content (AvgIpc) is 3.97. The molecule has 9 aromatic carbocycles. The molecule has 3 heterocycles. The van der Waals surface area contributed by atoms with Gasteiger partial charge in [0.25, 0.3) is 0 Å². The van der Waals surface area contributed by atoms with Gasteiger partial charge in [-0.05, 0) is 94.2 Å². The smallest absolute Gasteiger partial charge is 0.161 e. The fourth-order valence-corrected chi connectivity index (χ4v) is 8.96. The summed E-state index contributed by atoms with van der Waals surface area (Å²) < 4.78 is 15.8. The summed E-state index contributed by atoms with van der Waals surface area (Å²) in [6.07, 6.45) is 0. The number of nitrogens with zero attached hydrogens (tertiary/aromatic N) is 2. The highest BCUT2D eigenvalue weighted by Gasteiger charge is 2.23. The second-order valence-corrected chi connectivity index (χ2v) is 14.9. The van der Waals surface area contributed by atoms with Crippen molar-refractivity contribution in [1.29, 1.82) is 0 Å². The van der Waals surface area contributed by atoms with Crippen LogP contribution in [0, 0.1) is 0 Å². The first-order chi connectivity index (χ1) is 28.8. The highest BCUT2D eigenvalue weighted by Crippen LogP contribution is 2.45. The molecule has 58 heavy (non-hydrogen) atoms. The van der Waals surface area contributed by atoms with Gasteiger partial charge in [0.05, 0.1) is 11.2 Å². The monoisotopic (exact) mass is 742 g/mol. The molecule has 0 aliphatic heterocycles. The number of aromatic nitrogens is 1. The van der Waals surface area contributed by atoms with E-state index < -0.39 is 0 Å². The predicted octanol–water partition coefficient (Wildman–Crippen LogP) is 15.4. The molecule has 0 aliphatic rings. The van der Waals surface area contributed by atoms with Crippen LogP contribution in [0.25, 0.3) is 93.6 Å². The van der Waals surface area contributed by atoms with Gasteiger partial charge in [-0.3, -0.25) is 0 Å². The third-order valence-electron chi connectivity index (χ3n) is 11.6. The number of benzene rings is 9. The molecule has 0 aliphatic carbocycles. The van der Waals surface area contributed by atoms with E-state index in [0.717, 1.165) is 88.8 Å². The van der Waals surface area contributed by atoms with Crippen LogP contribution in [0.4, 0.5) is 17.1 Å². The van der Waals surface area contributed by atoms with Crippen LogP contribution in [0.3, 0.4) is 0 Å². The number of hydrogen-bond donors (Lipinski definition) is 0. The first-order valence-electron chi connectivity index (χ1n) is 19.7. The summed E-state index contributed by atoms with van der Waals surface area (Å²) >= 11 is 0. The Balaban J connectivity index is 1.01. The Labute approximate surface area is 334 Å². The SMILES string of the molecule is c1ccc(-n2c3ccccc3c3oc4c(-c5ccc(N(c6ccc(-c7cccc8ccccc78)cc6)c6cccc7c6oc6ccccc67)cc5)cccc4c32)cc1. The molecule has 0 spiro atoms. The van der Waals surface area contributed by atoms with Crippen LogP contribution in [0.5, 0.6) is 0 Å². The number of para-hydroxylation sites is 5. The summed E-state index contributed by atoms with van der Waals surface area (Å²) in [4.78, 5) is 2.30. The zero-order valence-electron chi connectivity index (χ0n) is 31.3. The van der Waals surface area contributed by atoms with Gasteiger partial charge in [0.1, 0.15) is 16.7 Å². The number of anilines is 3. The quantitative estimate of drug-likeness (QED) is 0.170. The molecule has 3 aromatic heterocycles. The van der Waals surface area contributed by atoms with Crippen LogP contribution in [-0.4, -0.2) is 4.57 Å². The Morgan fingerprint density at radius 1 is 0.362 bits per heavy atom. The van der Waals surface area contributed by atoms with E-state index in [2.05, 4.69) is 204 Å².